The molecule has 34 heavy (non-hydrogen) atoms. The minimum Gasteiger partial charge on any atom is -0.477 e. The Morgan fingerprint density at radius 2 is 1.79 bits per heavy atom. The zero-order valence-corrected chi connectivity index (χ0v) is 21.5. The molecule has 3 aliphatic carbocycles. The van der Waals surface area contributed by atoms with Crippen molar-refractivity contribution in [3.8, 4) is 0 Å². The summed E-state index contributed by atoms with van der Waals surface area (Å²) in [7, 11) is 0. The number of carbonyl (C=O) groups excluding carboxylic acids is 2. The molecule has 6 heteroatoms. The van der Waals surface area contributed by atoms with E-state index in [2.05, 4.69) is 19.9 Å². The van der Waals surface area contributed by atoms with Gasteiger partial charge in [0, 0.05) is 29.7 Å². The van der Waals surface area contributed by atoms with E-state index < -0.39 is 5.97 Å². The Morgan fingerprint density at radius 3 is 2.44 bits per heavy atom. The third-order valence-corrected chi connectivity index (χ3v) is 9.48. The fourth-order valence-corrected chi connectivity index (χ4v) is 7.05. The summed E-state index contributed by atoms with van der Waals surface area (Å²) in [6.45, 7) is 4.45. The standard InChI is InChI=1S/C28H39NO4S/c1-18-7-9-21(10-8-18)27(31)29(22-12-14-23(30)15-13-22)25-17-24(34-26(25)28(32)33)16-11-20-6-4-3-5-19(20)2/h5,17-18,20-22H,3-4,6-16H2,1-2H3,(H,32,33). The quantitative estimate of drug-likeness (QED) is 0.431. The second-order valence-electron chi connectivity index (χ2n) is 10.8. The van der Waals surface area contributed by atoms with Crippen LogP contribution < -0.4 is 4.90 Å². The van der Waals surface area contributed by atoms with E-state index in [-0.39, 0.29) is 28.5 Å². The van der Waals surface area contributed by atoms with Crippen molar-refractivity contribution in [2.24, 2.45) is 17.8 Å². The van der Waals surface area contributed by atoms with E-state index in [1.165, 1.54) is 29.8 Å². The second kappa shape index (κ2) is 11.2. The van der Waals surface area contributed by atoms with Crippen LogP contribution in [-0.4, -0.2) is 28.8 Å². The van der Waals surface area contributed by atoms with Gasteiger partial charge in [-0.1, -0.05) is 18.6 Å². The number of aromatic carboxylic acids is 1. The molecule has 0 spiro atoms. The zero-order valence-electron chi connectivity index (χ0n) is 20.7. The molecule has 2 fully saturated rings. The number of allylic oxidation sites excluding steroid dienone is 2. The summed E-state index contributed by atoms with van der Waals surface area (Å²) in [5.41, 5.74) is 2.03. The summed E-state index contributed by atoms with van der Waals surface area (Å²) in [5.74, 6) is 0.527. The summed E-state index contributed by atoms with van der Waals surface area (Å²) in [6, 6.07) is 1.89. The predicted molar refractivity (Wildman–Crippen MR) is 137 cm³/mol. The van der Waals surface area contributed by atoms with Crippen molar-refractivity contribution in [3.63, 3.8) is 0 Å². The van der Waals surface area contributed by atoms with Crippen molar-refractivity contribution in [2.75, 3.05) is 4.90 Å². The Hall–Kier alpha value is -1.95. The molecular weight excluding hydrogens is 446 g/mol. The third kappa shape index (κ3) is 5.81. The highest BCUT2D eigenvalue weighted by Gasteiger charge is 2.37. The maximum absolute atomic E-state index is 13.9. The number of amides is 1. The highest BCUT2D eigenvalue weighted by molar-refractivity contribution is 7.14. The van der Waals surface area contributed by atoms with Gasteiger partial charge in [-0.05, 0) is 95.5 Å². The number of anilines is 1. The smallest absolute Gasteiger partial charge is 0.348 e. The first-order valence-corrected chi connectivity index (χ1v) is 14.0. The van der Waals surface area contributed by atoms with Crippen LogP contribution in [0, 0.1) is 17.8 Å². The molecule has 3 aliphatic rings. The maximum atomic E-state index is 13.9. The topological polar surface area (TPSA) is 74.7 Å². The van der Waals surface area contributed by atoms with E-state index in [1.54, 1.807) is 0 Å². The average molecular weight is 486 g/mol. The molecule has 186 valence electrons. The second-order valence-corrected chi connectivity index (χ2v) is 11.9. The van der Waals surface area contributed by atoms with Crippen LogP contribution in [0.2, 0.25) is 0 Å². The first-order chi connectivity index (χ1) is 16.3. The minimum absolute atomic E-state index is 0.0474. The van der Waals surface area contributed by atoms with Crippen LogP contribution in [0.5, 0.6) is 0 Å². The van der Waals surface area contributed by atoms with Gasteiger partial charge < -0.3 is 10.0 Å². The van der Waals surface area contributed by atoms with E-state index in [0.717, 1.165) is 49.8 Å². The van der Waals surface area contributed by atoms with Crippen LogP contribution in [0.3, 0.4) is 0 Å². The first kappa shape index (κ1) is 25.2. The third-order valence-electron chi connectivity index (χ3n) is 8.30. The average Bonchev–Trinajstić information content (AvgIpc) is 3.24. The van der Waals surface area contributed by atoms with Crippen molar-refractivity contribution in [3.05, 3.63) is 27.5 Å². The number of ketones is 1. The lowest BCUT2D eigenvalue weighted by Gasteiger charge is -2.37. The summed E-state index contributed by atoms with van der Waals surface area (Å²) in [4.78, 5) is 41.2. The summed E-state index contributed by atoms with van der Waals surface area (Å²) >= 11 is 1.33. The van der Waals surface area contributed by atoms with Gasteiger partial charge in [0.05, 0.1) is 5.69 Å². The number of carboxylic acids is 1. The van der Waals surface area contributed by atoms with Crippen LogP contribution in [0.15, 0.2) is 17.7 Å². The van der Waals surface area contributed by atoms with Crippen molar-refractivity contribution in [1.82, 2.24) is 0 Å². The Kier molecular flexibility index (Phi) is 8.28. The minimum atomic E-state index is -0.957. The van der Waals surface area contributed by atoms with Crippen LogP contribution in [-0.2, 0) is 16.0 Å². The summed E-state index contributed by atoms with van der Waals surface area (Å²) in [6.07, 6.45) is 13.8. The van der Waals surface area contributed by atoms with E-state index >= 15 is 0 Å². The van der Waals surface area contributed by atoms with Gasteiger partial charge in [0.2, 0.25) is 5.91 Å². The molecular formula is C28H39NO4S. The lowest BCUT2D eigenvalue weighted by molar-refractivity contribution is -0.125. The van der Waals surface area contributed by atoms with Crippen molar-refractivity contribution in [1.29, 1.82) is 0 Å². The molecule has 0 radical (unpaired) electrons. The number of rotatable bonds is 7. The number of hydrogen-bond acceptors (Lipinski definition) is 4. The van der Waals surface area contributed by atoms with Gasteiger partial charge in [-0.15, -0.1) is 11.3 Å². The number of nitrogens with zero attached hydrogens (tertiary/aromatic N) is 1. The van der Waals surface area contributed by atoms with Gasteiger partial charge >= 0.3 is 5.97 Å². The molecule has 5 nitrogen and oxygen atoms in total. The van der Waals surface area contributed by atoms with Gasteiger partial charge in [0.25, 0.3) is 0 Å². The van der Waals surface area contributed by atoms with E-state index in [4.69, 9.17) is 0 Å². The number of carbonyl (C=O) groups is 3. The van der Waals surface area contributed by atoms with Gasteiger partial charge in [-0.25, -0.2) is 4.79 Å². The van der Waals surface area contributed by atoms with Crippen molar-refractivity contribution >= 4 is 34.7 Å². The van der Waals surface area contributed by atoms with Crippen LogP contribution >= 0.6 is 11.3 Å². The molecule has 1 unspecified atom stereocenters. The largest absolute Gasteiger partial charge is 0.477 e. The van der Waals surface area contributed by atoms with Crippen molar-refractivity contribution < 1.29 is 19.5 Å². The molecule has 1 atom stereocenters. The monoisotopic (exact) mass is 485 g/mol. The van der Waals surface area contributed by atoms with Gasteiger partial charge in [-0.3, -0.25) is 9.59 Å². The highest BCUT2D eigenvalue weighted by atomic mass is 32.1. The highest BCUT2D eigenvalue weighted by Crippen LogP contribution is 2.39. The van der Waals surface area contributed by atoms with E-state index in [0.29, 0.717) is 43.2 Å². The van der Waals surface area contributed by atoms with Crippen LogP contribution in [0.4, 0.5) is 5.69 Å². The molecule has 1 aromatic rings. The Balaban J connectivity index is 1.60. The van der Waals surface area contributed by atoms with Crippen LogP contribution in [0.1, 0.15) is 105 Å². The predicted octanol–water partition coefficient (Wildman–Crippen LogP) is 6.80. The molecule has 0 aromatic carbocycles. The molecule has 0 saturated heterocycles. The van der Waals surface area contributed by atoms with Crippen LogP contribution in [0.25, 0.3) is 0 Å². The number of carboxylic acid groups (broad SMARTS) is 1. The summed E-state index contributed by atoms with van der Waals surface area (Å²) < 4.78 is 0. The summed E-state index contributed by atoms with van der Waals surface area (Å²) in [5, 5.41) is 10.1. The number of hydrogen-bond donors (Lipinski definition) is 1. The first-order valence-electron chi connectivity index (χ1n) is 13.2. The van der Waals surface area contributed by atoms with Gasteiger partial charge in [0.1, 0.15) is 10.7 Å². The fraction of sp³-hybridized carbons (Fsp3) is 0.679. The lowest BCUT2D eigenvalue weighted by atomic mass is 9.81. The van der Waals surface area contributed by atoms with E-state index in [1.807, 2.05) is 11.0 Å². The molecule has 1 N–H and O–H groups in total. The molecule has 1 heterocycles. The number of thiophene rings is 1. The molecule has 2 saturated carbocycles. The molecule has 0 bridgehead atoms. The molecule has 0 aliphatic heterocycles. The van der Waals surface area contributed by atoms with Gasteiger partial charge in [-0.2, -0.15) is 0 Å². The zero-order chi connectivity index (χ0) is 24.2. The Labute approximate surface area is 207 Å². The van der Waals surface area contributed by atoms with E-state index in [9.17, 15) is 19.5 Å². The lowest BCUT2D eigenvalue weighted by Crippen LogP contribution is -2.46. The fourth-order valence-electron chi connectivity index (χ4n) is 6.04. The normalized spacial score (nSPS) is 26.2. The molecule has 1 aromatic heterocycles. The maximum Gasteiger partial charge on any atom is 0.348 e. The van der Waals surface area contributed by atoms with Crippen molar-refractivity contribution in [2.45, 2.75) is 103 Å². The molecule has 1 amide bonds. The number of aryl methyl sites for hydroxylation is 1. The Bertz CT molecular complexity index is 930. The van der Waals surface area contributed by atoms with Gasteiger partial charge in [0.15, 0.2) is 0 Å². The Morgan fingerprint density at radius 1 is 1.09 bits per heavy atom. The molecule has 4 rings (SSSR count). The number of Topliss-reactive ketones (excluding diaryl/α,β-unsaturated/α-hetero) is 1. The SMILES string of the molecule is CC1=CCCCC1CCc1cc(N(C(=O)C2CCC(C)CC2)C2CCC(=O)CC2)c(C(=O)O)s1.